The highest BCUT2D eigenvalue weighted by Crippen LogP contribution is 2.40. The number of fused-ring (bicyclic) bond motifs is 1. The standard InChI is InChI=1S/C23H28N4O4/c1-29-19-9-8-16(21(30-2)22(19)31-3)14-26-10-12-27(13-11-26)15-20-24-18-7-5-4-6-17(18)23(28)25-20/h4-9H,10-15H2,1-3H3,(H,24,25,28). The highest BCUT2D eigenvalue weighted by Gasteiger charge is 2.22. The van der Waals surface area contributed by atoms with Crippen molar-refractivity contribution in [1.29, 1.82) is 0 Å². The molecule has 0 bridgehead atoms. The predicted molar refractivity (Wildman–Crippen MR) is 119 cm³/mol. The van der Waals surface area contributed by atoms with Gasteiger partial charge in [0, 0.05) is 38.3 Å². The number of hydrogen-bond acceptors (Lipinski definition) is 7. The van der Waals surface area contributed by atoms with E-state index in [-0.39, 0.29) is 5.56 Å². The molecule has 31 heavy (non-hydrogen) atoms. The van der Waals surface area contributed by atoms with Crippen molar-refractivity contribution in [3.8, 4) is 17.2 Å². The Morgan fingerprint density at radius 3 is 2.23 bits per heavy atom. The highest BCUT2D eigenvalue weighted by atomic mass is 16.5. The normalized spacial score (nSPS) is 15.2. The topological polar surface area (TPSA) is 79.9 Å². The van der Waals surface area contributed by atoms with Gasteiger partial charge in [0.2, 0.25) is 5.75 Å². The number of H-pyrrole nitrogens is 1. The molecule has 0 spiro atoms. The van der Waals surface area contributed by atoms with E-state index in [9.17, 15) is 4.79 Å². The molecule has 0 aliphatic carbocycles. The van der Waals surface area contributed by atoms with Gasteiger partial charge in [0.05, 0.1) is 38.8 Å². The average molecular weight is 425 g/mol. The number of methoxy groups -OCH3 is 3. The van der Waals surface area contributed by atoms with Crippen LogP contribution in [0.25, 0.3) is 10.9 Å². The molecule has 1 aliphatic heterocycles. The smallest absolute Gasteiger partial charge is 0.258 e. The molecule has 1 saturated heterocycles. The van der Waals surface area contributed by atoms with Crippen molar-refractivity contribution in [2.75, 3.05) is 47.5 Å². The lowest BCUT2D eigenvalue weighted by molar-refractivity contribution is 0.119. The van der Waals surface area contributed by atoms with Gasteiger partial charge in [-0.15, -0.1) is 0 Å². The van der Waals surface area contributed by atoms with Crippen LogP contribution in [0.1, 0.15) is 11.4 Å². The van der Waals surface area contributed by atoms with E-state index in [1.54, 1.807) is 27.4 Å². The minimum absolute atomic E-state index is 0.0835. The van der Waals surface area contributed by atoms with Crippen LogP contribution in [0.15, 0.2) is 41.2 Å². The predicted octanol–water partition coefficient (Wildman–Crippen LogP) is 2.27. The Kier molecular flexibility index (Phi) is 6.39. The summed E-state index contributed by atoms with van der Waals surface area (Å²) < 4.78 is 16.5. The van der Waals surface area contributed by atoms with Crippen LogP contribution in [0, 0.1) is 0 Å². The number of para-hydroxylation sites is 1. The first kappa shape index (κ1) is 21.1. The molecule has 164 valence electrons. The Morgan fingerprint density at radius 2 is 1.55 bits per heavy atom. The molecule has 2 heterocycles. The van der Waals surface area contributed by atoms with Crippen LogP contribution in [-0.2, 0) is 13.1 Å². The third-order valence-corrected chi connectivity index (χ3v) is 5.68. The van der Waals surface area contributed by atoms with E-state index in [0.717, 1.165) is 43.8 Å². The molecule has 4 rings (SSSR count). The van der Waals surface area contributed by atoms with Gasteiger partial charge >= 0.3 is 0 Å². The van der Waals surface area contributed by atoms with Gasteiger partial charge in [0.25, 0.3) is 5.56 Å². The van der Waals surface area contributed by atoms with Gasteiger partial charge in [-0.2, -0.15) is 0 Å². The van der Waals surface area contributed by atoms with Crippen LogP contribution in [0.2, 0.25) is 0 Å². The van der Waals surface area contributed by atoms with Crippen LogP contribution in [0.4, 0.5) is 0 Å². The van der Waals surface area contributed by atoms with Crippen molar-refractivity contribution in [2.45, 2.75) is 13.1 Å². The molecule has 3 aromatic rings. The first-order valence-electron chi connectivity index (χ1n) is 10.3. The van der Waals surface area contributed by atoms with Gasteiger partial charge in [-0.05, 0) is 18.2 Å². The van der Waals surface area contributed by atoms with E-state index >= 15 is 0 Å². The Labute approximate surface area is 181 Å². The zero-order chi connectivity index (χ0) is 21.8. The molecule has 0 saturated carbocycles. The first-order chi connectivity index (χ1) is 15.1. The second-order valence-corrected chi connectivity index (χ2v) is 7.58. The van der Waals surface area contributed by atoms with Crippen LogP contribution < -0.4 is 19.8 Å². The molecule has 1 fully saturated rings. The molecule has 8 nitrogen and oxygen atoms in total. The lowest BCUT2D eigenvalue weighted by Crippen LogP contribution is -2.45. The number of piperazine rings is 1. The Bertz CT molecular complexity index is 1110. The van der Waals surface area contributed by atoms with E-state index < -0.39 is 0 Å². The summed E-state index contributed by atoms with van der Waals surface area (Å²) in [5.41, 5.74) is 1.72. The Morgan fingerprint density at radius 1 is 0.871 bits per heavy atom. The zero-order valence-corrected chi connectivity index (χ0v) is 18.2. The van der Waals surface area contributed by atoms with E-state index in [0.29, 0.717) is 35.0 Å². The molecule has 0 amide bonds. The number of nitrogens with one attached hydrogen (secondary N) is 1. The molecule has 2 aromatic carbocycles. The maximum Gasteiger partial charge on any atom is 0.258 e. The van der Waals surface area contributed by atoms with Crippen LogP contribution in [0.5, 0.6) is 17.2 Å². The molecule has 0 radical (unpaired) electrons. The number of aromatic amines is 1. The summed E-state index contributed by atoms with van der Waals surface area (Å²) in [6.45, 7) is 5.01. The van der Waals surface area contributed by atoms with Crippen molar-refractivity contribution < 1.29 is 14.2 Å². The molecule has 1 aliphatic rings. The number of ether oxygens (including phenoxy) is 3. The molecular formula is C23H28N4O4. The van der Waals surface area contributed by atoms with Crippen LogP contribution >= 0.6 is 0 Å². The Hall–Kier alpha value is -3.10. The lowest BCUT2D eigenvalue weighted by Gasteiger charge is -2.34. The quantitative estimate of drug-likeness (QED) is 0.623. The summed E-state index contributed by atoms with van der Waals surface area (Å²) in [7, 11) is 4.89. The van der Waals surface area contributed by atoms with Crippen molar-refractivity contribution in [1.82, 2.24) is 19.8 Å². The second kappa shape index (κ2) is 9.36. The van der Waals surface area contributed by atoms with Gasteiger partial charge in [-0.3, -0.25) is 14.6 Å². The maximum atomic E-state index is 12.3. The number of hydrogen-bond donors (Lipinski definition) is 1. The van der Waals surface area contributed by atoms with E-state index in [1.165, 1.54) is 0 Å². The molecule has 0 atom stereocenters. The van der Waals surface area contributed by atoms with Crippen molar-refractivity contribution in [2.24, 2.45) is 0 Å². The van der Waals surface area contributed by atoms with Gasteiger partial charge in [0.1, 0.15) is 5.82 Å². The van der Waals surface area contributed by atoms with E-state index in [4.69, 9.17) is 14.2 Å². The summed E-state index contributed by atoms with van der Waals surface area (Å²) in [5, 5.41) is 0.625. The van der Waals surface area contributed by atoms with Crippen molar-refractivity contribution in [3.63, 3.8) is 0 Å². The number of benzene rings is 2. The summed E-state index contributed by atoms with van der Waals surface area (Å²) >= 11 is 0. The van der Waals surface area contributed by atoms with Gasteiger partial charge in [-0.1, -0.05) is 18.2 Å². The van der Waals surface area contributed by atoms with Crippen LogP contribution in [0.3, 0.4) is 0 Å². The number of nitrogens with zero attached hydrogens (tertiary/aromatic N) is 3. The largest absolute Gasteiger partial charge is 0.493 e. The molecule has 8 heteroatoms. The SMILES string of the molecule is COc1ccc(CN2CCN(Cc3nc4ccccc4c(=O)[nH]3)CC2)c(OC)c1OC. The molecule has 0 unspecified atom stereocenters. The summed E-state index contributed by atoms with van der Waals surface area (Å²) in [5.74, 6) is 2.69. The third kappa shape index (κ3) is 4.50. The van der Waals surface area contributed by atoms with Gasteiger partial charge < -0.3 is 19.2 Å². The fourth-order valence-electron chi connectivity index (χ4n) is 4.06. The summed E-state index contributed by atoms with van der Waals surface area (Å²) in [4.78, 5) is 24.5. The van der Waals surface area contributed by atoms with E-state index in [1.807, 2.05) is 30.3 Å². The monoisotopic (exact) mass is 424 g/mol. The fourth-order valence-corrected chi connectivity index (χ4v) is 4.06. The maximum absolute atomic E-state index is 12.3. The van der Waals surface area contributed by atoms with E-state index in [2.05, 4.69) is 19.8 Å². The highest BCUT2D eigenvalue weighted by molar-refractivity contribution is 5.77. The molecule has 1 aromatic heterocycles. The van der Waals surface area contributed by atoms with Crippen molar-refractivity contribution in [3.05, 3.63) is 58.1 Å². The zero-order valence-electron chi connectivity index (χ0n) is 18.2. The third-order valence-electron chi connectivity index (χ3n) is 5.68. The molecular weight excluding hydrogens is 396 g/mol. The minimum Gasteiger partial charge on any atom is -0.493 e. The minimum atomic E-state index is -0.0835. The number of rotatable bonds is 7. The van der Waals surface area contributed by atoms with Crippen LogP contribution in [-0.4, -0.2) is 67.3 Å². The summed E-state index contributed by atoms with van der Waals surface area (Å²) in [6, 6.07) is 11.4. The Balaban J connectivity index is 1.40. The van der Waals surface area contributed by atoms with Crippen molar-refractivity contribution >= 4 is 10.9 Å². The first-order valence-corrected chi connectivity index (χ1v) is 10.3. The lowest BCUT2D eigenvalue weighted by atomic mass is 10.1. The van der Waals surface area contributed by atoms with Gasteiger partial charge in [0.15, 0.2) is 11.5 Å². The van der Waals surface area contributed by atoms with Gasteiger partial charge in [-0.25, -0.2) is 4.98 Å². The molecule has 1 N–H and O–H groups in total. The summed E-state index contributed by atoms with van der Waals surface area (Å²) in [6.07, 6.45) is 0. The average Bonchev–Trinajstić information content (AvgIpc) is 2.80. The fraction of sp³-hybridized carbons (Fsp3) is 0.391. The second-order valence-electron chi connectivity index (χ2n) is 7.58. The number of aromatic nitrogens is 2.